The van der Waals surface area contributed by atoms with Gasteiger partial charge >= 0.3 is 0 Å². The van der Waals surface area contributed by atoms with Gasteiger partial charge in [0.05, 0.1) is 5.38 Å². The molecule has 1 aliphatic carbocycles. The van der Waals surface area contributed by atoms with Gasteiger partial charge in [-0.15, -0.1) is 11.6 Å². The third-order valence-corrected chi connectivity index (χ3v) is 3.22. The van der Waals surface area contributed by atoms with Crippen LogP contribution in [0.15, 0.2) is 18.2 Å². The van der Waals surface area contributed by atoms with Gasteiger partial charge in [0.25, 0.3) is 0 Å². The van der Waals surface area contributed by atoms with E-state index in [2.05, 4.69) is 6.92 Å². The Kier molecular flexibility index (Phi) is 2.29. The second-order valence-corrected chi connectivity index (χ2v) is 4.11. The van der Waals surface area contributed by atoms with Crippen molar-refractivity contribution in [2.45, 2.75) is 31.1 Å². The maximum Gasteiger partial charge on any atom is 0.123 e. The van der Waals surface area contributed by atoms with E-state index in [0.29, 0.717) is 5.92 Å². The second kappa shape index (κ2) is 3.30. The molecule has 1 aromatic carbocycles. The SMILES string of the molecule is CCC1CC(Cl)c2cc(F)ccc21. The van der Waals surface area contributed by atoms with Crippen LogP contribution >= 0.6 is 11.6 Å². The fourth-order valence-electron chi connectivity index (χ4n) is 2.08. The zero-order chi connectivity index (χ0) is 9.42. The van der Waals surface area contributed by atoms with Crippen molar-refractivity contribution in [2.24, 2.45) is 0 Å². The Balaban J connectivity index is 2.46. The third kappa shape index (κ3) is 1.46. The van der Waals surface area contributed by atoms with Gasteiger partial charge in [0.15, 0.2) is 0 Å². The monoisotopic (exact) mass is 198 g/mol. The molecule has 0 aromatic heterocycles. The molecule has 0 saturated carbocycles. The minimum atomic E-state index is -0.179. The summed E-state index contributed by atoms with van der Waals surface area (Å²) in [7, 11) is 0. The van der Waals surface area contributed by atoms with E-state index in [1.807, 2.05) is 6.07 Å². The van der Waals surface area contributed by atoms with E-state index < -0.39 is 0 Å². The van der Waals surface area contributed by atoms with Crippen molar-refractivity contribution >= 4 is 11.6 Å². The fraction of sp³-hybridized carbons (Fsp3) is 0.455. The number of halogens is 2. The van der Waals surface area contributed by atoms with E-state index in [-0.39, 0.29) is 11.2 Å². The molecule has 0 aliphatic heterocycles. The average Bonchev–Trinajstić information content (AvgIpc) is 2.43. The zero-order valence-electron chi connectivity index (χ0n) is 7.56. The zero-order valence-corrected chi connectivity index (χ0v) is 8.31. The molecule has 0 bridgehead atoms. The Labute approximate surface area is 82.7 Å². The second-order valence-electron chi connectivity index (χ2n) is 3.58. The summed E-state index contributed by atoms with van der Waals surface area (Å²) in [6.07, 6.45) is 2.04. The van der Waals surface area contributed by atoms with Gasteiger partial charge in [-0.2, -0.15) is 0 Å². The lowest BCUT2D eigenvalue weighted by atomic mass is 9.99. The van der Waals surface area contributed by atoms with Gasteiger partial charge in [0, 0.05) is 0 Å². The number of hydrogen-bond acceptors (Lipinski definition) is 0. The molecule has 0 saturated heterocycles. The summed E-state index contributed by atoms with van der Waals surface area (Å²) in [4.78, 5) is 0. The third-order valence-electron chi connectivity index (χ3n) is 2.81. The van der Waals surface area contributed by atoms with Crippen molar-refractivity contribution in [3.63, 3.8) is 0 Å². The van der Waals surface area contributed by atoms with Gasteiger partial charge in [0.1, 0.15) is 5.82 Å². The minimum Gasteiger partial charge on any atom is -0.207 e. The Hall–Kier alpha value is -0.560. The molecule has 2 heteroatoms. The van der Waals surface area contributed by atoms with Gasteiger partial charge in [-0.25, -0.2) is 4.39 Å². The van der Waals surface area contributed by atoms with Crippen LogP contribution in [0.5, 0.6) is 0 Å². The Bertz CT molecular complexity index is 322. The average molecular weight is 199 g/mol. The van der Waals surface area contributed by atoms with E-state index in [0.717, 1.165) is 18.4 Å². The number of hydrogen-bond donors (Lipinski definition) is 0. The molecule has 70 valence electrons. The van der Waals surface area contributed by atoms with Gasteiger partial charge in [-0.05, 0) is 42.0 Å². The molecule has 0 spiro atoms. The largest absolute Gasteiger partial charge is 0.207 e. The predicted octanol–water partition coefficient (Wildman–Crippen LogP) is 4.00. The highest BCUT2D eigenvalue weighted by Gasteiger charge is 2.28. The van der Waals surface area contributed by atoms with Crippen LogP contribution in [-0.2, 0) is 0 Å². The van der Waals surface area contributed by atoms with Gasteiger partial charge in [-0.1, -0.05) is 13.0 Å². The van der Waals surface area contributed by atoms with E-state index in [1.54, 1.807) is 6.07 Å². The summed E-state index contributed by atoms with van der Waals surface area (Å²) in [5, 5.41) is 0.00986. The Morgan fingerprint density at radius 2 is 2.23 bits per heavy atom. The summed E-state index contributed by atoms with van der Waals surface area (Å²) in [6, 6.07) is 4.97. The van der Waals surface area contributed by atoms with Crippen molar-refractivity contribution in [1.82, 2.24) is 0 Å². The molecule has 13 heavy (non-hydrogen) atoms. The van der Waals surface area contributed by atoms with E-state index in [4.69, 9.17) is 11.6 Å². The van der Waals surface area contributed by atoms with Crippen molar-refractivity contribution in [1.29, 1.82) is 0 Å². The highest BCUT2D eigenvalue weighted by molar-refractivity contribution is 6.21. The van der Waals surface area contributed by atoms with Crippen LogP contribution in [0, 0.1) is 5.82 Å². The predicted molar refractivity (Wildman–Crippen MR) is 52.6 cm³/mol. The molecule has 0 radical (unpaired) electrons. The van der Waals surface area contributed by atoms with Crippen LogP contribution in [0.4, 0.5) is 4.39 Å². The fourth-order valence-corrected chi connectivity index (χ4v) is 2.48. The van der Waals surface area contributed by atoms with Gasteiger partial charge in [0.2, 0.25) is 0 Å². The van der Waals surface area contributed by atoms with Crippen molar-refractivity contribution in [2.75, 3.05) is 0 Å². The smallest absolute Gasteiger partial charge is 0.123 e. The minimum absolute atomic E-state index is 0.00986. The molecule has 2 unspecified atom stereocenters. The van der Waals surface area contributed by atoms with Crippen LogP contribution in [0.25, 0.3) is 0 Å². The standard InChI is InChI=1S/C11H12ClF/c1-2-7-5-11(12)10-6-8(13)3-4-9(7)10/h3-4,6-7,11H,2,5H2,1H3. The van der Waals surface area contributed by atoms with Crippen molar-refractivity contribution < 1.29 is 4.39 Å². The van der Waals surface area contributed by atoms with E-state index in [1.165, 1.54) is 11.6 Å². The summed E-state index contributed by atoms with van der Waals surface area (Å²) < 4.78 is 12.9. The molecular weight excluding hydrogens is 187 g/mol. The first kappa shape index (κ1) is 9.01. The molecule has 2 rings (SSSR count). The number of benzene rings is 1. The highest BCUT2D eigenvalue weighted by Crippen LogP contribution is 2.45. The molecular formula is C11H12ClF. The lowest BCUT2D eigenvalue weighted by molar-refractivity contribution is 0.625. The first-order valence-electron chi connectivity index (χ1n) is 4.65. The highest BCUT2D eigenvalue weighted by atomic mass is 35.5. The molecule has 2 atom stereocenters. The summed E-state index contributed by atoms with van der Waals surface area (Å²) in [5.41, 5.74) is 2.23. The summed E-state index contributed by atoms with van der Waals surface area (Å²) in [5.74, 6) is 0.347. The number of fused-ring (bicyclic) bond motifs is 1. The summed E-state index contributed by atoms with van der Waals surface area (Å²) >= 11 is 6.12. The number of alkyl halides is 1. The topological polar surface area (TPSA) is 0 Å². The first-order valence-corrected chi connectivity index (χ1v) is 5.09. The lowest BCUT2D eigenvalue weighted by Crippen LogP contribution is -1.90. The van der Waals surface area contributed by atoms with Gasteiger partial charge in [-0.3, -0.25) is 0 Å². The molecule has 0 fully saturated rings. The summed E-state index contributed by atoms with van der Waals surface area (Å²) in [6.45, 7) is 2.15. The Morgan fingerprint density at radius 3 is 2.92 bits per heavy atom. The van der Waals surface area contributed by atoms with Crippen molar-refractivity contribution in [3.8, 4) is 0 Å². The quantitative estimate of drug-likeness (QED) is 0.599. The van der Waals surface area contributed by atoms with Gasteiger partial charge < -0.3 is 0 Å². The van der Waals surface area contributed by atoms with Crippen LogP contribution < -0.4 is 0 Å². The maximum atomic E-state index is 12.9. The molecule has 0 nitrogen and oxygen atoms in total. The van der Waals surface area contributed by atoms with Crippen molar-refractivity contribution in [3.05, 3.63) is 35.1 Å². The maximum absolute atomic E-state index is 12.9. The van der Waals surface area contributed by atoms with Crippen LogP contribution in [0.1, 0.15) is 42.2 Å². The van der Waals surface area contributed by atoms with E-state index in [9.17, 15) is 4.39 Å². The van der Waals surface area contributed by atoms with E-state index >= 15 is 0 Å². The van der Waals surface area contributed by atoms with Crippen LogP contribution in [0.3, 0.4) is 0 Å². The molecule has 1 aromatic rings. The van der Waals surface area contributed by atoms with Crippen LogP contribution in [0.2, 0.25) is 0 Å². The number of rotatable bonds is 1. The normalized spacial score (nSPS) is 26.1. The molecule has 0 heterocycles. The first-order chi connectivity index (χ1) is 6.22. The Morgan fingerprint density at radius 1 is 1.46 bits per heavy atom. The molecule has 0 N–H and O–H groups in total. The lowest BCUT2D eigenvalue weighted by Gasteiger charge is -2.06. The molecule has 0 amide bonds. The van der Waals surface area contributed by atoms with Crippen LogP contribution in [-0.4, -0.2) is 0 Å². The molecule has 1 aliphatic rings.